The van der Waals surface area contributed by atoms with E-state index in [9.17, 15) is 9.59 Å². The first kappa shape index (κ1) is 18.4. The van der Waals surface area contributed by atoms with Crippen LogP contribution in [0.5, 0.6) is 0 Å². The number of anilines is 1. The van der Waals surface area contributed by atoms with Crippen molar-refractivity contribution in [1.82, 2.24) is 20.5 Å². The highest BCUT2D eigenvalue weighted by molar-refractivity contribution is 5.91. The van der Waals surface area contributed by atoms with E-state index < -0.39 is 11.5 Å². The molecular weight excluding hydrogens is 322 g/mol. The van der Waals surface area contributed by atoms with E-state index >= 15 is 0 Å². The molecule has 0 unspecified atom stereocenters. The van der Waals surface area contributed by atoms with Gasteiger partial charge in [0.15, 0.2) is 5.82 Å². The quantitative estimate of drug-likeness (QED) is 0.641. The van der Waals surface area contributed by atoms with Crippen LogP contribution in [0, 0.1) is 13.8 Å². The number of nitrogens with one attached hydrogen (secondary N) is 3. The highest BCUT2D eigenvalue weighted by Gasteiger charge is 2.22. The summed E-state index contributed by atoms with van der Waals surface area (Å²) in [4.78, 5) is 27.2. The van der Waals surface area contributed by atoms with Gasteiger partial charge in [-0.1, -0.05) is 12.1 Å². The molecule has 0 aliphatic heterocycles. The van der Waals surface area contributed by atoms with Crippen molar-refractivity contribution in [3.05, 3.63) is 29.6 Å². The van der Waals surface area contributed by atoms with Crippen molar-refractivity contribution in [1.29, 1.82) is 0 Å². The predicted octanol–water partition coefficient (Wildman–Crippen LogP) is 2.85. The van der Waals surface area contributed by atoms with Gasteiger partial charge in [0.25, 0.3) is 0 Å². The predicted molar refractivity (Wildman–Crippen MR) is 94.4 cm³/mol. The van der Waals surface area contributed by atoms with Gasteiger partial charge in [0, 0.05) is 23.2 Å². The molecular formula is C17H23N5O3. The third kappa shape index (κ3) is 5.30. The molecule has 0 fully saturated rings. The monoisotopic (exact) mass is 345 g/mol. The number of hydrogen-bond acceptors (Lipinski definition) is 4. The number of carbonyl (C=O) groups excluding carboxylic acids is 1. The van der Waals surface area contributed by atoms with E-state index in [0.717, 1.165) is 11.1 Å². The fourth-order valence-electron chi connectivity index (χ4n) is 2.31. The number of amides is 2. The number of urea groups is 1. The van der Waals surface area contributed by atoms with Crippen LogP contribution in [0.2, 0.25) is 0 Å². The van der Waals surface area contributed by atoms with Crippen LogP contribution in [0.25, 0.3) is 11.4 Å². The van der Waals surface area contributed by atoms with Crippen LogP contribution >= 0.6 is 0 Å². The summed E-state index contributed by atoms with van der Waals surface area (Å²) in [6, 6.07) is 5.19. The summed E-state index contributed by atoms with van der Waals surface area (Å²) < 4.78 is 0. The number of H-pyrrole nitrogens is 1. The van der Waals surface area contributed by atoms with E-state index in [1.54, 1.807) is 13.8 Å². The summed E-state index contributed by atoms with van der Waals surface area (Å²) >= 11 is 0. The minimum Gasteiger partial charge on any atom is -0.481 e. The third-order valence-electron chi connectivity index (χ3n) is 3.76. The lowest BCUT2D eigenvalue weighted by Crippen LogP contribution is -2.45. The van der Waals surface area contributed by atoms with Gasteiger partial charge in [-0.25, -0.2) is 9.78 Å². The summed E-state index contributed by atoms with van der Waals surface area (Å²) in [7, 11) is 0. The van der Waals surface area contributed by atoms with E-state index in [2.05, 4.69) is 25.8 Å². The SMILES string of the molecule is Cc1nc(-c2ccc(C)c(NC(=O)NC(C)(C)CCC(=O)O)c2)n[nH]1. The molecule has 4 N–H and O–H groups in total. The Morgan fingerprint density at radius 2 is 2.00 bits per heavy atom. The zero-order chi connectivity index (χ0) is 18.6. The average molecular weight is 345 g/mol. The average Bonchev–Trinajstić information content (AvgIpc) is 2.93. The van der Waals surface area contributed by atoms with Gasteiger partial charge in [0.2, 0.25) is 0 Å². The van der Waals surface area contributed by atoms with E-state index in [4.69, 9.17) is 5.11 Å². The van der Waals surface area contributed by atoms with E-state index in [-0.39, 0.29) is 12.5 Å². The summed E-state index contributed by atoms with van der Waals surface area (Å²) in [5.74, 6) is 0.381. The number of aryl methyl sites for hydroxylation is 2. The second-order valence-corrected chi connectivity index (χ2v) is 6.63. The number of aromatic amines is 1. The highest BCUT2D eigenvalue weighted by Crippen LogP contribution is 2.23. The first-order valence-electron chi connectivity index (χ1n) is 7.97. The van der Waals surface area contributed by atoms with Crippen LogP contribution in [-0.4, -0.2) is 37.8 Å². The number of nitrogens with zero attached hydrogens (tertiary/aromatic N) is 2. The molecule has 0 saturated heterocycles. The number of benzene rings is 1. The van der Waals surface area contributed by atoms with Gasteiger partial charge >= 0.3 is 12.0 Å². The lowest BCUT2D eigenvalue weighted by Gasteiger charge is -2.26. The van der Waals surface area contributed by atoms with Crippen molar-refractivity contribution in [3.8, 4) is 11.4 Å². The second kappa shape index (κ2) is 7.33. The Balaban J connectivity index is 2.08. The number of rotatable bonds is 6. The second-order valence-electron chi connectivity index (χ2n) is 6.63. The van der Waals surface area contributed by atoms with Crippen LogP contribution < -0.4 is 10.6 Å². The summed E-state index contributed by atoms with van der Waals surface area (Å²) in [6.07, 6.45) is 0.331. The van der Waals surface area contributed by atoms with Gasteiger partial charge in [0.1, 0.15) is 5.82 Å². The van der Waals surface area contributed by atoms with Crippen LogP contribution in [0.3, 0.4) is 0 Å². The summed E-state index contributed by atoms with van der Waals surface area (Å²) in [5.41, 5.74) is 1.70. The molecule has 0 bridgehead atoms. The van der Waals surface area contributed by atoms with Crippen molar-refractivity contribution in [2.24, 2.45) is 0 Å². The van der Waals surface area contributed by atoms with E-state index in [1.807, 2.05) is 32.0 Å². The van der Waals surface area contributed by atoms with E-state index in [0.29, 0.717) is 23.8 Å². The van der Waals surface area contributed by atoms with Crippen molar-refractivity contribution < 1.29 is 14.7 Å². The normalized spacial score (nSPS) is 11.2. The maximum atomic E-state index is 12.3. The maximum Gasteiger partial charge on any atom is 0.319 e. The largest absolute Gasteiger partial charge is 0.481 e. The van der Waals surface area contributed by atoms with Gasteiger partial charge in [-0.2, -0.15) is 5.10 Å². The molecule has 134 valence electrons. The number of carboxylic acid groups (broad SMARTS) is 1. The smallest absolute Gasteiger partial charge is 0.319 e. The molecule has 0 spiro atoms. The molecule has 1 aromatic heterocycles. The highest BCUT2D eigenvalue weighted by atomic mass is 16.4. The minimum atomic E-state index is -0.888. The molecule has 0 aliphatic carbocycles. The van der Waals surface area contributed by atoms with Crippen LogP contribution in [0.4, 0.5) is 10.5 Å². The first-order valence-corrected chi connectivity index (χ1v) is 7.97. The van der Waals surface area contributed by atoms with Crippen LogP contribution in [-0.2, 0) is 4.79 Å². The fourth-order valence-corrected chi connectivity index (χ4v) is 2.31. The molecule has 0 radical (unpaired) electrons. The lowest BCUT2D eigenvalue weighted by molar-refractivity contribution is -0.137. The standard InChI is InChI=1S/C17H23N5O3/c1-10-5-6-12(15-18-11(2)21-22-15)9-13(10)19-16(25)20-17(3,4)8-7-14(23)24/h5-6,9H,7-8H2,1-4H3,(H,23,24)(H,18,21,22)(H2,19,20,25). The van der Waals surface area contributed by atoms with Crippen molar-refractivity contribution in [2.75, 3.05) is 5.32 Å². The summed E-state index contributed by atoms with van der Waals surface area (Å²) in [5, 5.41) is 21.3. The van der Waals surface area contributed by atoms with Gasteiger partial charge < -0.3 is 15.7 Å². The number of carboxylic acids is 1. The van der Waals surface area contributed by atoms with Crippen molar-refractivity contribution in [3.63, 3.8) is 0 Å². The Hall–Kier alpha value is -2.90. The van der Waals surface area contributed by atoms with Crippen LogP contribution in [0.15, 0.2) is 18.2 Å². The number of hydrogen-bond donors (Lipinski definition) is 4. The molecule has 0 saturated carbocycles. The summed E-state index contributed by atoms with van der Waals surface area (Å²) in [6.45, 7) is 7.28. The van der Waals surface area contributed by atoms with Crippen molar-refractivity contribution in [2.45, 2.75) is 46.1 Å². The first-order chi connectivity index (χ1) is 11.7. The molecule has 2 rings (SSSR count). The Kier molecular flexibility index (Phi) is 5.41. The van der Waals surface area contributed by atoms with Crippen molar-refractivity contribution >= 4 is 17.7 Å². The molecule has 1 heterocycles. The van der Waals surface area contributed by atoms with Gasteiger partial charge in [0.05, 0.1) is 0 Å². The molecule has 2 aromatic rings. The number of carbonyl (C=O) groups is 2. The van der Waals surface area contributed by atoms with Gasteiger partial charge in [-0.15, -0.1) is 0 Å². The van der Waals surface area contributed by atoms with Crippen LogP contribution in [0.1, 0.15) is 38.1 Å². The zero-order valence-electron chi connectivity index (χ0n) is 14.8. The molecule has 8 nitrogen and oxygen atoms in total. The number of aromatic nitrogens is 3. The molecule has 1 aromatic carbocycles. The van der Waals surface area contributed by atoms with Gasteiger partial charge in [-0.3, -0.25) is 9.89 Å². The molecule has 2 amide bonds. The minimum absolute atomic E-state index is 0.00796. The van der Waals surface area contributed by atoms with E-state index in [1.165, 1.54) is 0 Å². The number of aliphatic carboxylic acids is 1. The topological polar surface area (TPSA) is 120 Å². The third-order valence-corrected chi connectivity index (χ3v) is 3.76. The fraction of sp³-hybridized carbons (Fsp3) is 0.412. The Bertz CT molecular complexity index is 782. The molecule has 0 atom stereocenters. The Morgan fingerprint density at radius 1 is 1.28 bits per heavy atom. The molecule has 0 aliphatic rings. The molecule has 8 heteroatoms. The molecule has 25 heavy (non-hydrogen) atoms. The Labute approximate surface area is 146 Å². The maximum absolute atomic E-state index is 12.3. The lowest BCUT2D eigenvalue weighted by atomic mass is 9.99. The Morgan fingerprint density at radius 3 is 2.60 bits per heavy atom. The zero-order valence-corrected chi connectivity index (χ0v) is 14.8. The van der Waals surface area contributed by atoms with Gasteiger partial charge in [-0.05, 0) is 45.7 Å².